The smallest absolute Gasteiger partial charge is 0.119 e. The van der Waals surface area contributed by atoms with Crippen LogP contribution in [0.4, 0.5) is 0 Å². The number of rotatable bonds is 9. The predicted molar refractivity (Wildman–Crippen MR) is 110 cm³/mol. The summed E-state index contributed by atoms with van der Waals surface area (Å²) in [5, 5.41) is 20.1. The van der Waals surface area contributed by atoms with E-state index in [1.807, 2.05) is 24.3 Å². The van der Waals surface area contributed by atoms with Crippen molar-refractivity contribution in [1.82, 2.24) is 0 Å². The standard InChI is InChI=1S/C24H30O2/c1-5-9-19-15-17(11-13-23(19)25)21(7-3)22(8-4)18-12-14-24(26)20(16-18)10-6-2/h5-6,11-16,21-22,25-26H,1-2,7-10H2,3-4H3. The number of aromatic hydroxyl groups is 2. The van der Waals surface area contributed by atoms with E-state index < -0.39 is 0 Å². The van der Waals surface area contributed by atoms with E-state index in [0.29, 0.717) is 36.2 Å². The maximum Gasteiger partial charge on any atom is 0.119 e. The summed E-state index contributed by atoms with van der Waals surface area (Å²) < 4.78 is 0. The maximum absolute atomic E-state index is 10.1. The number of hydrogen-bond donors (Lipinski definition) is 2. The molecule has 0 aliphatic heterocycles. The average Bonchev–Trinajstić information content (AvgIpc) is 2.64. The van der Waals surface area contributed by atoms with Gasteiger partial charge in [0.2, 0.25) is 0 Å². The van der Waals surface area contributed by atoms with E-state index in [2.05, 4.69) is 39.1 Å². The van der Waals surface area contributed by atoms with Gasteiger partial charge in [0.15, 0.2) is 0 Å². The first kappa shape index (κ1) is 19.8. The molecule has 2 atom stereocenters. The molecule has 2 N–H and O–H groups in total. The summed E-state index contributed by atoms with van der Waals surface area (Å²) in [5.74, 6) is 1.36. The van der Waals surface area contributed by atoms with Gasteiger partial charge in [-0.3, -0.25) is 0 Å². The highest BCUT2D eigenvalue weighted by Gasteiger charge is 2.23. The fraction of sp³-hybridized carbons (Fsp3) is 0.333. The van der Waals surface area contributed by atoms with E-state index in [4.69, 9.17) is 0 Å². The van der Waals surface area contributed by atoms with Crippen molar-refractivity contribution >= 4 is 0 Å². The molecule has 2 nitrogen and oxygen atoms in total. The first-order valence-electron chi connectivity index (χ1n) is 9.40. The molecular weight excluding hydrogens is 320 g/mol. The van der Waals surface area contributed by atoms with E-state index in [-0.39, 0.29) is 0 Å². The number of hydrogen-bond acceptors (Lipinski definition) is 2. The Balaban J connectivity index is 2.43. The molecule has 0 saturated carbocycles. The van der Waals surface area contributed by atoms with Crippen LogP contribution in [0.1, 0.15) is 60.8 Å². The molecule has 0 heterocycles. The van der Waals surface area contributed by atoms with Crippen LogP contribution in [-0.2, 0) is 12.8 Å². The van der Waals surface area contributed by atoms with E-state index in [9.17, 15) is 10.2 Å². The van der Waals surface area contributed by atoms with Gasteiger partial charge >= 0.3 is 0 Å². The zero-order chi connectivity index (χ0) is 19.1. The second-order valence-electron chi connectivity index (χ2n) is 6.79. The van der Waals surface area contributed by atoms with Gasteiger partial charge in [-0.05, 0) is 71.9 Å². The molecule has 0 aliphatic carbocycles. The van der Waals surface area contributed by atoms with Crippen molar-refractivity contribution in [2.45, 2.75) is 51.4 Å². The van der Waals surface area contributed by atoms with Crippen LogP contribution in [0.5, 0.6) is 11.5 Å². The highest BCUT2D eigenvalue weighted by molar-refractivity contribution is 5.42. The fourth-order valence-electron chi connectivity index (χ4n) is 3.82. The first-order valence-corrected chi connectivity index (χ1v) is 9.40. The summed E-state index contributed by atoms with van der Waals surface area (Å²) in [7, 11) is 0. The van der Waals surface area contributed by atoms with E-state index >= 15 is 0 Å². The molecule has 0 aromatic heterocycles. The molecule has 2 heteroatoms. The fourth-order valence-corrected chi connectivity index (χ4v) is 3.82. The van der Waals surface area contributed by atoms with Crippen molar-refractivity contribution in [3.63, 3.8) is 0 Å². The zero-order valence-corrected chi connectivity index (χ0v) is 15.9. The minimum atomic E-state index is 0.328. The van der Waals surface area contributed by atoms with Crippen LogP contribution in [0.3, 0.4) is 0 Å². The van der Waals surface area contributed by atoms with Gasteiger partial charge in [-0.15, -0.1) is 13.2 Å². The van der Waals surface area contributed by atoms with Gasteiger partial charge in [0.1, 0.15) is 11.5 Å². The summed E-state index contributed by atoms with van der Waals surface area (Å²) in [4.78, 5) is 0. The monoisotopic (exact) mass is 350 g/mol. The average molecular weight is 351 g/mol. The molecule has 0 fully saturated rings. The third-order valence-corrected chi connectivity index (χ3v) is 5.16. The number of phenolic OH excluding ortho intramolecular Hbond substituents is 2. The molecule has 0 radical (unpaired) electrons. The van der Waals surface area contributed by atoms with Gasteiger partial charge in [-0.1, -0.05) is 50.3 Å². The lowest BCUT2D eigenvalue weighted by Crippen LogP contribution is -2.11. The molecule has 0 amide bonds. The Morgan fingerprint density at radius 3 is 1.46 bits per heavy atom. The molecule has 0 aliphatic rings. The van der Waals surface area contributed by atoms with E-state index in [0.717, 1.165) is 24.0 Å². The molecule has 2 rings (SSSR count). The van der Waals surface area contributed by atoms with Crippen molar-refractivity contribution in [3.05, 3.63) is 84.0 Å². The Bertz CT molecular complexity index is 695. The summed E-state index contributed by atoms with van der Waals surface area (Å²) >= 11 is 0. The summed E-state index contributed by atoms with van der Waals surface area (Å²) in [6, 6.07) is 11.9. The van der Waals surface area contributed by atoms with Crippen molar-refractivity contribution in [1.29, 1.82) is 0 Å². The Morgan fingerprint density at radius 2 is 1.15 bits per heavy atom. The minimum Gasteiger partial charge on any atom is -0.508 e. The van der Waals surface area contributed by atoms with Crippen molar-refractivity contribution in [2.75, 3.05) is 0 Å². The number of benzene rings is 2. The van der Waals surface area contributed by atoms with Crippen LogP contribution in [0.25, 0.3) is 0 Å². The lowest BCUT2D eigenvalue weighted by molar-refractivity contribution is 0.464. The van der Waals surface area contributed by atoms with Crippen LogP contribution < -0.4 is 0 Å². The Hall–Kier alpha value is -2.48. The summed E-state index contributed by atoms with van der Waals surface area (Å²) in [5.41, 5.74) is 4.33. The van der Waals surface area contributed by atoms with Crippen LogP contribution in [0.2, 0.25) is 0 Å². The topological polar surface area (TPSA) is 40.5 Å². The molecule has 2 unspecified atom stereocenters. The van der Waals surface area contributed by atoms with E-state index in [1.165, 1.54) is 11.1 Å². The highest BCUT2D eigenvalue weighted by Crippen LogP contribution is 2.40. The second kappa shape index (κ2) is 9.28. The van der Waals surface area contributed by atoms with Gasteiger partial charge in [-0.25, -0.2) is 0 Å². The summed E-state index contributed by atoms with van der Waals surface area (Å²) in [6.45, 7) is 12.0. The number of phenols is 2. The first-order chi connectivity index (χ1) is 12.5. The zero-order valence-electron chi connectivity index (χ0n) is 15.9. The third-order valence-electron chi connectivity index (χ3n) is 5.16. The highest BCUT2D eigenvalue weighted by atomic mass is 16.3. The molecule has 0 saturated heterocycles. The molecule has 138 valence electrons. The quantitative estimate of drug-likeness (QED) is 0.525. The maximum atomic E-state index is 10.1. The minimum absolute atomic E-state index is 0.328. The van der Waals surface area contributed by atoms with Gasteiger partial charge < -0.3 is 10.2 Å². The van der Waals surface area contributed by atoms with Gasteiger partial charge in [0.05, 0.1) is 0 Å². The summed E-state index contributed by atoms with van der Waals surface area (Å²) in [6.07, 6.45) is 6.98. The Morgan fingerprint density at radius 1 is 0.769 bits per heavy atom. The lowest BCUT2D eigenvalue weighted by atomic mass is 9.77. The molecule has 0 bridgehead atoms. The molecular formula is C24H30O2. The normalized spacial score (nSPS) is 13.2. The van der Waals surface area contributed by atoms with Crippen molar-refractivity contribution < 1.29 is 10.2 Å². The largest absolute Gasteiger partial charge is 0.508 e. The van der Waals surface area contributed by atoms with Crippen LogP contribution in [-0.4, -0.2) is 10.2 Å². The van der Waals surface area contributed by atoms with Gasteiger partial charge in [0, 0.05) is 0 Å². The van der Waals surface area contributed by atoms with Crippen LogP contribution >= 0.6 is 0 Å². The Labute approximate surface area is 157 Å². The van der Waals surface area contributed by atoms with Crippen LogP contribution in [0, 0.1) is 0 Å². The SMILES string of the molecule is C=CCc1cc(C(CC)C(CC)c2ccc(O)c(CC=C)c2)ccc1O. The van der Waals surface area contributed by atoms with Crippen molar-refractivity contribution in [3.8, 4) is 11.5 Å². The molecule has 0 spiro atoms. The third kappa shape index (κ3) is 4.37. The molecule has 2 aromatic carbocycles. The predicted octanol–water partition coefficient (Wildman–Crippen LogP) is 6.24. The lowest BCUT2D eigenvalue weighted by Gasteiger charge is -2.27. The van der Waals surface area contributed by atoms with Crippen molar-refractivity contribution in [2.24, 2.45) is 0 Å². The Kier molecular flexibility index (Phi) is 7.08. The van der Waals surface area contributed by atoms with E-state index in [1.54, 1.807) is 12.1 Å². The molecule has 2 aromatic rings. The van der Waals surface area contributed by atoms with Crippen LogP contribution in [0.15, 0.2) is 61.7 Å². The second-order valence-corrected chi connectivity index (χ2v) is 6.79. The number of allylic oxidation sites excluding steroid dienone is 2. The van der Waals surface area contributed by atoms with Gasteiger partial charge in [-0.2, -0.15) is 0 Å². The van der Waals surface area contributed by atoms with Gasteiger partial charge in [0.25, 0.3) is 0 Å². The molecule has 26 heavy (non-hydrogen) atoms.